The summed E-state index contributed by atoms with van der Waals surface area (Å²) < 4.78 is 17.9. The van der Waals surface area contributed by atoms with Gasteiger partial charge in [-0.2, -0.15) is 4.73 Å². The molecule has 0 radical (unpaired) electrons. The molecule has 1 fully saturated rings. The Hall–Kier alpha value is -3.19. The Bertz CT molecular complexity index is 1200. The highest BCUT2D eigenvalue weighted by atomic mass is 16.7. The summed E-state index contributed by atoms with van der Waals surface area (Å²) in [7, 11) is 1.66. The van der Waals surface area contributed by atoms with Gasteiger partial charge in [-0.25, -0.2) is 0 Å². The number of benzene rings is 2. The quantitative estimate of drug-likeness (QED) is 0.540. The standard InChI is InChI=1S/C26H30N2O5/c1-25(2,3)23-14-17-13-19(6-7-20(17)28(23)33-12-11-30-4)27-24(29)26(9-10-26)18-5-8-21-22(15-18)32-16-31-21/h5-8,13-15H,9-12,16H2,1-4H3,(H,27,29). The second-order valence-electron chi connectivity index (χ2n) is 9.78. The Labute approximate surface area is 193 Å². The molecule has 33 heavy (non-hydrogen) atoms. The van der Waals surface area contributed by atoms with E-state index in [0.29, 0.717) is 19.0 Å². The van der Waals surface area contributed by atoms with Crippen molar-refractivity contribution in [2.45, 2.75) is 44.4 Å². The predicted molar refractivity (Wildman–Crippen MR) is 126 cm³/mol. The van der Waals surface area contributed by atoms with E-state index in [1.54, 1.807) is 7.11 Å². The van der Waals surface area contributed by atoms with Gasteiger partial charge in [0.1, 0.15) is 6.61 Å². The van der Waals surface area contributed by atoms with Gasteiger partial charge >= 0.3 is 0 Å². The lowest BCUT2D eigenvalue weighted by Crippen LogP contribution is -2.27. The number of anilines is 1. The molecule has 2 aliphatic rings. The highest BCUT2D eigenvalue weighted by Gasteiger charge is 2.51. The number of aromatic nitrogens is 1. The molecule has 1 amide bonds. The van der Waals surface area contributed by atoms with Crippen LogP contribution < -0.4 is 19.6 Å². The predicted octanol–water partition coefficient (Wildman–Crippen LogP) is 4.41. The molecule has 0 spiro atoms. The third kappa shape index (κ3) is 3.91. The van der Waals surface area contributed by atoms with Crippen molar-refractivity contribution in [3.05, 3.63) is 53.7 Å². The van der Waals surface area contributed by atoms with Crippen molar-refractivity contribution in [2.24, 2.45) is 0 Å². The Morgan fingerprint density at radius 3 is 2.58 bits per heavy atom. The van der Waals surface area contributed by atoms with Gasteiger partial charge in [0.05, 0.1) is 23.2 Å². The van der Waals surface area contributed by atoms with Crippen LogP contribution in [-0.4, -0.2) is 37.8 Å². The lowest BCUT2D eigenvalue weighted by Gasteiger charge is -2.21. The summed E-state index contributed by atoms with van der Waals surface area (Å²) in [5.41, 5.74) is 3.16. The maximum atomic E-state index is 13.3. The van der Waals surface area contributed by atoms with Gasteiger partial charge in [-0.05, 0) is 54.8 Å². The fourth-order valence-electron chi connectivity index (χ4n) is 4.36. The average Bonchev–Trinajstić information content (AvgIpc) is 3.31. The lowest BCUT2D eigenvalue weighted by molar-refractivity contribution is -0.118. The summed E-state index contributed by atoms with van der Waals surface area (Å²) in [5, 5.41) is 4.16. The number of ether oxygens (including phenoxy) is 3. The smallest absolute Gasteiger partial charge is 0.235 e. The van der Waals surface area contributed by atoms with Crippen molar-refractivity contribution < 1.29 is 23.8 Å². The first kappa shape index (κ1) is 21.6. The van der Waals surface area contributed by atoms with Crippen LogP contribution in [0.4, 0.5) is 5.69 Å². The van der Waals surface area contributed by atoms with E-state index in [-0.39, 0.29) is 18.1 Å². The number of amides is 1. The molecule has 3 aromatic rings. The zero-order chi connectivity index (χ0) is 23.2. The molecule has 7 heteroatoms. The van der Waals surface area contributed by atoms with E-state index in [2.05, 4.69) is 32.2 Å². The van der Waals surface area contributed by atoms with Gasteiger partial charge in [-0.15, -0.1) is 0 Å². The molecule has 1 aliphatic heterocycles. The number of carbonyl (C=O) groups excluding carboxylic acids is 1. The van der Waals surface area contributed by atoms with Gasteiger partial charge in [-0.3, -0.25) is 4.79 Å². The van der Waals surface area contributed by atoms with Crippen molar-refractivity contribution in [1.82, 2.24) is 4.73 Å². The average molecular weight is 451 g/mol. The Morgan fingerprint density at radius 1 is 1.06 bits per heavy atom. The molecular formula is C26H30N2O5. The number of fused-ring (bicyclic) bond motifs is 2. The lowest BCUT2D eigenvalue weighted by atomic mass is 9.92. The van der Waals surface area contributed by atoms with Crippen molar-refractivity contribution in [3.8, 4) is 11.5 Å². The summed E-state index contributed by atoms with van der Waals surface area (Å²) in [6.45, 7) is 7.66. The molecule has 2 heterocycles. The molecule has 1 N–H and O–H groups in total. The summed E-state index contributed by atoms with van der Waals surface area (Å²) >= 11 is 0. The zero-order valence-electron chi connectivity index (χ0n) is 19.6. The molecule has 0 unspecified atom stereocenters. The molecule has 1 aromatic heterocycles. The van der Waals surface area contributed by atoms with Crippen LogP contribution in [0.15, 0.2) is 42.5 Å². The molecule has 5 rings (SSSR count). The van der Waals surface area contributed by atoms with E-state index in [1.807, 2.05) is 41.1 Å². The number of carbonyl (C=O) groups is 1. The molecule has 1 aliphatic carbocycles. The molecule has 1 saturated carbocycles. The first-order valence-electron chi connectivity index (χ1n) is 11.3. The van der Waals surface area contributed by atoms with Crippen LogP contribution in [0.3, 0.4) is 0 Å². The number of hydrogen-bond donors (Lipinski definition) is 1. The maximum Gasteiger partial charge on any atom is 0.235 e. The maximum absolute atomic E-state index is 13.3. The van der Waals surface area contributed by atoms with E-state index < -0.39 is 5.41 Å². The van der Waals surface area contributed by atoms with Gasteiger partial charge in [-0.1, -0.05) is 26.8 Å². The molecule has 0 atom stereocenters. The topological polar surface area (TPSA) is 71.0 Å². The second-order valence-corrected chi connectivity index (χ2v) is 9.78. The van der Waals surface area contributed by atoms with E-state index >= 15 is 0 Å². The third-order valence-electron chi connectivity index (χ3n) is 6.40. The fraction of sp³-hybridized carbons (Fsp3) is 0.423. The van der Waals surface area contributed by atoms with E-state index in [9.17, 15) is 4.79 Å². The summed E-state index contributed by atoms with van der Waals surface area (Å²) in [5.74, 6) is 1.44. The van der Waals surface area contributed by atoms with E-state index in [0.717, 1.165) is 46.4 Å². The number of nitrogens with one attached hydrogen (secondary N) is 1. The van der Waals surface area contributed by atoms with Gasteiger partial charge in [0.25, 0.3) is 0 Å². The van der Waals surface area contributed by atoms with Crippen molar-refractivity contribution in [3.63, 3.8) is 0 Å². The normalized spacial score (nSPS) is 16.1. The van der Waals surface area contributed by atoms with Crippen LogP contribution in [0.1, 0.15) is 44.9 Å². The van der Waals surface area contributed by atoms with Crippen molar-refractivity contribution in [2.75, 3.05) is 32.4 Å². The minimum absolute atomic E-state index is 0.00698. The highest BCUT2D eigenvalue weighted by molar-refractivity contribution is 6.02. The Balaban J connectivity index is 1.40. The van der Waals surface area contributed by atoms with E-state index in [1.165, 1.54) is 0 Å². The van der Waals surface area contributed by atoms with Crippen molar-refractivity contribution in [1.29, 1.82) is 0 Å². The van der Waals surface area contributed by atoms with Gasteiger partial charge < -0.3 is 24.4 Å². The van der Waals surface area contributed by atoms with Crippen LogP contribution in [0.2, 0.25) is 0 Å². The molecule has 0 saturated heterocycles. The summed E-state index contributed by atoms with van der Waals surface area (Å²) in [6, 6.07) is 13.8. The van der Waals surface area contributed by atoms with Gasteiger partial charge in [0.15, 0.2) is 11.5 Å². The van der Waals surface area contributed by atoms with Crippen LogP contribution in [0, 0.1) is 0 Å². The fourth-order valence-corrected chi connectivity index (χ4v) is 4.36. The number of nitrogens with zero attached hydrogens (tertiary/aromatic N) is 1. The van der Waals surface area contributed by atoms with Crippen LogP contribution in [0.25, 0.3) is 10.9 Å². The van der Waals surface area contributed by atoms with Gasteiger partial charge in [0.2, 0.25) is 12.7 Å². The summed E-state index contributed by atoms with van der Waals surface area (Å²) in [4.78, 5) is 19.3. The molecule has 2 aromatic carbocycles. The largest absolute Gasteiger partial charge is 0.454 e. The molecule has 174 valence electrons. The minimum atomic E-state index is -0.512. The van der Waals surface area contributed by atoms with Crippen molar-refractivity contribution >= 4 is 22.5 Å². The number of hydrogen-bond acceptors (Lipinski definition) is 5. The van der Waals surface area contributed by atoms with E-state index in [4.69, 9.17) is 19.0 Å². The SMILES string of the molecule is COCCOn1c(C(C)(C)C)cc2cc(NC(=O)C3(c4ccc5c(c4)OCO5)CC3)ccc21. The highest BCUT2D eigenvalue weighted by Crippen LogP contribution is 2.51. The Morgan fingerprint density at radius 2 is 1.85 bits per heavy atom. The number of rotatable bonds is 7. The molecule has 7 nitrogen and oxygen atoms in total. The monoisotopic (exact) mass is 450 g/mol. The van der Waals surface area contributed by atoms with Gasteiger partial charge in [0, 0.05) is 23.6 Å². The molecule has 0 bridgehead atoms. The second kappa shape index (κ2) is 7.99. The third-order valence-corrected chi connectivity index (χ3v) is 6.40. The van der Waals surface area contributed by atoms with Crippen LogP contribution in [0.5, 0.6) is 11.5 Å². The number of methoxy groups -OCH3 is 1. The van der Waals surface area contributed by atoms with Crippen LogP contribution >= 0.6 is 0 Å². The summed E-state index contributed by atoms with van der Waals surface area (Å²) in [6.07, 6.45) is 1.64. The Kier molecular flexibility index (Phi) is 5.24. The first-order chi connectivity index (χ1) is 15.8. The van der Waals surface area contributed by atoms with Crippen LogP contribution in [-0.2, 0) is 20.4 Å². The molecular weight excluding hydrogens is 420 g/mol. The first-order valence-corrected chi connectivity index (χ1v) is 11.3. The zero-order valence-corrected chi connectivity index (χ0v) is 19.6. The minimum Gasteiger partial charge on any atom is -0.454 e.